The van der Waals surface area contributed by atoms with Gasteiger partial charge in [-0.15, -0.1) is 11.3 Å². The number of benzene rings is 1. The van der Waals surface area contributed by atoms with Crippen LogP contribution >= 0.6 is 11.3 Å². The molecule has 0 bridgehead atoms. The van der Waals surface area contributed by atoms with Crippen LogP contribution in [-0.2, 0) is 6.54 Å². The molecule has 0 fully saturated rings. The molecule has 0 atom stereocenters. The van der Waals surface area contributed by atoms with Crippen molar-refractivity contribution in [1.29, 1.82) is 0 Å². The number of rotatable bonds is 2. The van der Waals surface area contributed by atoms with Crippen molar-refractivity contribution in [3.05, 3.63) is 46.2 Å². The molecule has 0 aliphatic carbocycles. The molecule has 1 heterocycles. The fraction of sp³-hybridized carbons (Fsp3) is 0.167. The first kappa shape index (κ1) is 9.44. The predicted molar refractivity (Wildman–Crippen MR) is 62.4 cm³/mol. The maximum absolute atomic E-state index is 5.71. The van der Waals surface area contributed by atoms with Crippen molar-refractivity contribution >= 4 is 11.3 Å². The summed E-state index contributed by atoms with van der Waals surface area (Å²) in [5, 5.41) is 2.15. The highest BCUT2D eigenvalue weighted by atomic mass is 32.1. The smallest absolute Gasteiger partial charge is 0.0192 e. The topological polar surface area (TPSA) is 26.0 Å². The van der Waals surface area contributed by atoms with Crippen LogP contribution in [0.15, 0.2) is 35.7 Å². The molecule has 0 aliphatic heterocycles. The average molecular weight is 203 g/mol. The van der Waals surface area contributed by atoms with Crippen molar-refractivity contribution in [3.8, 4) is 11.1 Å². The summed E-state index contributed by atoms with van der Waals surface area (Å²) in [7, 11) is 0. The minimum Gasteiger partial charge on any atom is -0.326 e. The van der Waals surface area contributed by atoms with Gasteiger partial charge in [-0.05, 0) is 29.0 Å². The van der Waals surface area contributed by atoms with Gasteiger partial charge in [0.1, 0.15) is 0 Å². The van der Waals surface area contributed by atoms with Crippen LogP contribution in [0.1, 0.15) is 10.4 Å². The van der Waals surface area contributed by atoms with Gasteiger partial charge in [-0.3, -0.25) is 0 Å². The zero-order chi connectivity index (χ0) is 9.97. The van der Waals surface area contributed by atoms with Gasteiger partial charge in [0.15, 0.2) is 0 Å². The second-order valence-electron chi connectivity index (χ2n) is 3.26. The Hall–Kier alpha value is -1.12. The lowest BCUT2D eigenvalue weighted by atomic mass is 10.0. The Morgan fingerprint density at radius 1 is 1.21 bits per heavy atom. The van der Waals surface area contributed by atoms with E-state index in [0.717, 1.165) is 0 Å². The molecule has 0 saturated carbocycles. The Morgan fingerprint density at radius 3 is 2.57 bits per heavy atom. The minimum atomic E-state index is 0.620. The quantitative estimate of drug-likeness (QED) is 0.797. The average Bonchev–Trinajstić information content (AvgIpc) is 2.61. The molecule has 0 radical (unpaired) electrons. The lowest BCUT2D eigenvalue weighted by molar-refractivity contribution is 1.08. The summed E-state index contributed by atoms with van der Waals surface area (Å²) in [6.07, 6.45) is 0. The van der Waals surface area contributed by atoms with Gasteiger partial charge in [0.05, 0.1) is 0 Å². The summed E-state index contributed by atoms with van der Waals surface area (Å²) in [4.78, 5) is 1.34. The standard InChI is InChI=1S/C12H13NS/c1-9-12(11(7-13)8-14-9)10-5-3-2-4-6-10/h2-6,8H,7,13H2,1H3. The molecule has 72 valence electrons. The SMILES string of the molecule is Cc1scc(CN)c1-c1ccccc1. The summed E-state index contributed by atoms with van der Waals surface area (Å²) >= 11 is 1.77. The maximum atomic E-state index is 5.71. The summed E-state index contributed by atoms with van der Waals surface area (Å²) in [5.74, 6) is 0. The lowest BCUT2D eigenvalue weighted by Gasteiger charge is -2.03. The zero-order valence-electron chi connectivity index (χ0n) is 8.16. The van der Waals surface area contributed by atoms with E-state index in [2.05, 4.69) is 36.6 Å². The molecule has 0 unspecified atom stereocenters. The van der Waals surface area contributed by atoms with Gasteiger partial charge in [-0.2, -0.15) is 0 Å². The van der Waals surface area contributed by atoms with E-state index in [1.165, 1.54) is 21.6 Å². The monoisotopic (exact) mass is 203 g/mol. The molecule has 1 aromatic heterocycles. The highest BCUT2D eigenvalue weighted by Crippen LogP contribution is 2.31. The Balaban J connectivity index is 2.55. The van der Waals surface area contributed by atoms with Crippen LogP contribution in [0.5, 0.6) is 0 Å². The van der Waals surface area contributed by atoms with Crippen molar-refractivity contribution in [3.63, 3.8) is 0 Å². The number of thiophene rings is 1. The summed E-state index contributed by atoms with van der Waals surface area (Å²) < 4.78 is 0. The second kappa shape index (κ2) is 3.95. The van der Waals surface area contributed by atoms with Crippen LogP contribution in [0.3, 0.4) is 0 Å². The van der Waals surface area contributed by atoms with Crippen LogP contribution in [0, 0.1) is 6.92 Å². The van der Waals surface area contributed by atoms with Gasteiger partial charge < -0.3 is 5.73 Å². The van der Waals surface area contributed by atoms with Crippen molar-refractivity contribution in [2.75, 3.05) is 0 Å². The molecule has 2 aromatic rings. The van der Waals surface area contributed by atoms with Crippen molar-refractivity contribution < 1.29 is 0 Å². The lowest BCUT2D eigenvalue weighted by Crippen LogP contribution is -1.96. The molecule has 2 N–H and O–H groups in total. The minimum absolute atomic E-state index is 0.620. The van der Waals surface area contributed by atoms with Gasteiger partial charge >= 0.3 is 0 Å². The van der Waals surface area contributed by atoms with Crippen LogP contribution in [0.25, 0.3) is 11.1 Å². The number of hydrogen-bond donors (Lipinski definition) is 1. The van der Waals surface area contributed by atoms with Crippen molar-refractivity contribution in [2.45, 2.75) is 13.5 Å². The van der Waals surface area contributed by atoms with Gasteiger partial charge in [-0.1, -0.05) is 30.3 Å². The Labute approximate surface area is 88.2 Å². The van der Waals surface area contributed by atoms with Crippen LogP contribution < -0.4 is 5.73 Å². The molecule has 14 heavy (non-hydrogen) atoms. The molecular weight excluding hydrogens is 190 g/mol. The predicted octanol–water partition coefficient (Wildman–Crippen LogP) is 3.18. The molecule has 0 aliphatic rings. The molecule has 0 spiro atoms. The third-order valence-electron chi connectivity index (χ3n) is 2.33. The van der Waals surface area contributed by atoms with E-state index in [1.807, 2.05) is 6.07 Å². The first-order chi connectivity index (χ1) is 6.83. The van der Waals surface area contributed by atoms with Gasteiger partial charge in [0, 0.05) is 11.4 Å². The highest BCUT2D eigenvalue weighted by Gasteiger charge is 2.08. The van der Waals surface area contributed by atoms with Crippen LogP contribution in [0.2, 0.25) is 0 Å². The van der Waals surface area contributed by atoms with Crippen LogP contribution in [-0.4, -0.2) is 0 Å². The molecule has 0 amide bonds. The van der Waals surface area contributed by atoms with Gasteiger partial charge in [0.2, 0.25) is 0 Å². The fourth-order valence-corrected chi connectivity index (χ4v) is 2.55. The van der Waals surface area contributed by atoms with E-state index < -0.39 is 0 Å². The summed E-state index contributed by atoms with van der Waals surface area (Å²) in [5.41, 5.74) is 9.54. The van der Waals surface area contributed by atoms with Crippen LogP contribution in [0.4, 0.5) is 0 Å². The molecule has 1 nitrogen and oxygen atoms in total. The molecule has 1 aromatic carbocycles. The molecule has 2 heteroatoms. The number of hydrogen-bond acceptors (Lipinski definition) is 2. The first-order valence-corrected chi connectivity index (χ1v) is 5.53. The van der Waals surface area contributed by atoms with Gasteiger partial charge in [0.25, 0.3) is 0 Å². The largest absolute Gasteiger partial charge is 0.326 e. The first-order valence-electron chi connectivity index (χ1n) is 4.65. The highest BCUT2D eigenvalue weighted by molar-refractivity contribution is 7.10. The maximum Gasteiger partial charge on any atom is 0.0192 e. The van der Waals surface area contributed by atoms with E-state index in [0.29, 0.717) is 6.54 Å². The van der Waals surface area contributed by atoms with E-state index in [9.17, 15) is 0 Å². The van der Waals surface area contributed by atoms with E-state index in [1.54, 1.807) is 11.3 Å². The fourth-order valence-electron chi connectivity index (χ4n) is 1.65. The Kier molecular flexibility index (Phi) is 2.66. The number of nitrogens with two attached hydrogens (primary N) is 1. The second-order valence-corrected chi connectivity index (χ2v) is 4.35. The van der Waals surface area contributed by atoms with Crippen molar-refractivity contribution in [2.24, 2.45) is 5.73 Å². The normalized spacial score (nSPS) is 10.4. The summed E-state index contributed by atoms with van der Waals surface area (Å²) in [6.45, 7) is 2.76. The van der Waals surface area contributed by atoms with E-state index >= 15 is 0 Å². The molecule has 2 rings (SSSR count). The van der Waals surface area contributed by atoms with E-state index in [4.69, 9.17) is 5.73 Å². The third kappa shape index (κ3) is 1.59. The van der Waals surface area contributed by atoms with Gasteiger partial charge in [-0.25, -0.2) is 0 Å². The number of aryl methyl sites for hydroxylation is 1. The van der Waals surface area contributed by atoms with E-state index in [-0.39, 0.29) is 0 Å². The third-order valence-corrected chi connectivity index (χ3v) is 3.29. The Morgan fingerprint density at radius 2 is 1.93 bits per heavy atom. The molecule has 0 saturated heterocycles. The van der Waals surface area contributed by atoms with Crippen molar-refractivity contribution in [1.82, 2.24) is 0 Å². The molecular formula is C12H13NS. The Bertz CT molecular complexity index is 417. The zero-order valence-corrected chi connectivity index (χ0v) is 8.97. The summed E-state index contributed by atoms with van der Waals surface area (Å²) in [6, 6.07) is 10.4.